The molecule has 1 atom stereocenters. The van der Waals surface area contributed by atoms with E-state index in [1.54, 1.807) is 12.1 Å². The number of morpholine rings is 1. The Balaban J connectivity index is 1.56. The number of sulfonamides is 1. The lowest BCUT2D eigenvalue weighted by Gasteiger charge is -2.31. The lowest BCUT2D eigenvalue weighted by molar-refractivity contribution is 0.00167. The minimum absolute atomic E-state index is 0.115. The van der Waals surface area contributed by atoms with Crippen LogP contribution < -0.4 is 24.8 Å². The molecule has 1 unspecified atom stereocenters. The zero-order valence-corrected chi connectivity index (χ0v) is 15.3. The molecule has 1 aromatic rings. The first-order valence-electron chi connectivity index (χ1n) is 7.96. The molecule has 0 bridgehead atoms. The zero-order valence-electron chi connectivity index (χ0n) is 14.5. The molecule has 0 aliphatic carbocycles. The van der Waals surface area contributed by atoms with Gasteiger partial charge in [-0.15, -0.1) is 0 Å². The summed E-state index contributed by atoms with van der Waals surface area (Å²) in [4.78, 5) is 12.2. The Bertz CT molecular complexity index is 784. The lowest BCUT2D eigenvalue weighted by Crippen LogP contribution is -2.49. The van der Waals surface area contributed by atoms with Gasteiger partial charge in [-0.05, 0) is 0 Å². The van der Waals surface area contributed by atoms with E-state index in [1.807, 2.05) is 0 Å². The highest BCUT2D eigenvalue weighted by atomic mass is 32.2. The van der Waals surface area contributed by atoms with Crippen LogP contribution in [0.15, 0.2) is 12.1 Å². The van der Waals surface area contributed by atoms with Gasteiger partial charge in [0.1, 0.15) is 5.75 Å². The quantitative estimate of drug-likeness (QED) is 0.742. The number of urea groups is 1. The number of nitrogens with zero attached hydrogens (tertiary/aromatic N) is 1. The second-order valence-electron chi connectivity index (χ2n) is 5.85. The van der Waals surface area contributed by atoms with Crippen LogP contribution in [-0.2, 0) is 14.8 Å². The molecule has 2 amide bonds. The van der Waals surface area contributed by atoms with Gasteiger partial charge in [0.25, 0.3) is 0 Å². The minimum atomic E-state index is -3.28. The van der Waals surface area contributed by atoms with Gasteiger partial charge >= 0.3 is 6.03 Å². The lowest BCUT2D eigenvalue weighted by atomic mass is 10.2. The summed E-state index contributed by atoms with van der Waals surface area (Å²) in [5, 5.41) is 5.34. The molecule has 1 fully saturated rings. The number of carbonyl (C=O) groups is 1. The molecule has 26 heavy (non-hydrogen) atoms. The maximum absolute atomic E-state index is 12.2. The van der Waals surface area contributed by atoms with Gasteiger partial charge < -0.3 is 29.6 Å². The number of rotatable bonds is 5. The Hall–Kier alpha value is -2.24. The molecule has 2 aliphatic rings. The fourth-order valence-electron chi connectivity index (χ4n) is 2.68. The van der Waals surface area contributed by atoms with Crippen molar-refractivity contribution in [2.24, 2.45) is 0 Å². The molecule has 1 saturated heterocycles. The monoisotopic (exact) mass is 387 g/mol. The van der Waals surface area contributed by atoms with E-state index in [-0.39, 0.29) is 26.5 Å². The van der Waals surface area contributed by atoms with Gasteiger partial charge in [0, 0.05) is 31.8 Å². The maximum atomic E-state index is 12.2. The van der Waals surface area contributed by atoms with Crippen molar-refractivity contribution in [2.45, 2.75) is 6.10 Å². The van der Waals surface area contributed by atoms with Crippen LogP contribution >= 0.6 is 0 Å². The topological polar surface area (TPSA) is 115 Å². The van der Waals surface area contributed by atoms with Crippen molar-refractivity contribution < 1.29 is 32.2 Å². The third kappa shape index (κ3) is 4.29. The maximum Gasteiger partial charge on any atom is 0.319 e. The van der Waals surface area contributed by atoms with Crippen molar-refractivity contribution in [3.05, 3.63) is 12.1 Å². The first-order chi connectivity index (χ1) is 12.4. The molecule has 0 aromatic heterocycles. The van der Waals surface area contributed by atoms with Crippen LogP contribution in [0.4, 0.5) is 10.5 Å². The van der Waals surface area contributed by atoms with E-state index in [1.165, 1.54) is 11.4 Å². The molecule has 144 valence electrons. The summed E-state index contributed by atoms with van der Waals surface area (Å²) in [6.07, 6.45) is 0.740. The normalized spacial score (nSPS) is 19.8. The van der Waals surface area contributed by atoms with Crippen molar-refractivity contribution in [3.8, 4) is 17.2 Å². The second-order valence-corrected chi connectivity index (χ2v) is 7.84. The van der Waals surface area contributed by atoms with Gasteiger partial charge in [0.15, 0.2) is 11.5 Å². The molecular weight excluding hydrogens is 366 g/mol. The number of amides is 2. The second kappa shape index (κ2) is 7.56. The average molecular weight is 387 g/mol. The Morgan fingerprint density at radius 2 is 2.08 bits per heavy atom. The standard InChI is InChI=1S/C15H21N3O7S/c1-22-12-6-14-13(24-9-25-14)5-11(12)17-15(19)16-7-10-8-18(3-4-23-10)26(2,20)21/h5-6,10H,3-4,7-9H2,1-2H3,(H2,16,17,19). The summed E-state index contributed by atoms with van der Waals surface area (Å²) >= 11 is 0. The van der Waals surface area contributed by atoms with E-state index in [2.05, 4.69) is 10.6 Å². The van der Waals surface area contributed by atoms with E-state index in [0.717, 1.165) is 6.26 Å². The van der Waals surface area contributed by atoms with E-state index in [9.17, 15) is 13.2 Å². The van der Waals surface area contributed by atoms with Gasteiger partial charge in [0.2, 0.25) is 16.8 Å². The molecule has 1 aromatic carbocycles. The minimum Gasteiger partial charge on any atom is -0.494 e. The summed E-state index contributed by atoms with van der Waals surface area (Å²) in [6, 6.07) is 2.78. The van der Waals surface area contributed by atoms with Crippen molar-refractivity contribution >= 4 is 21.7 Å². The molecule has 3 rings (SSSR count). The molecular formula is C15H21N3O7S. The largest absolute Gasteiger partial charge is 0.494 e. The first-order valence-corrected chi connectivity index (χ1v) is 9.81. The Morgan fingerprint density at radius 3 is 2.77 bits per heavy atom. The fourth-order valence-corrected chi connectivity index (χ4v) is 3.52. The van der Waals surface area contributed by atoms with Gasteiger partial charge in [0.05, 0.1) is 31.8 Å². The summed E-state index contributed by atoms with van der Waals surface area (Å²) in [5.41, 5.74) is 0.427. The summed E-state index contributed by atoms with van der Waals surface area (Å²) < 4.78 is 45.8. The molecule has 2 heterocycles. The molecule has 11 heteroatoms. The summed E-state index contributed by atoms with van der Waals surface area (Å²) in [7, 11) is -1.80. The van der Waals surface area contributed by atoms with Gasteiger partial charge in [-0.3, -0.25) is 0 Å². The molecule has 0 spiro atoms. The van der Waals surface area contributed by atoms with Crippen LogP contribution in [0.2, 0.25) is 0 Å². The van der Waals surface area contributed by atoms with Gasteiger partial charge in [-0.2, -0.15) is 4.31 Å². The van der Waals surface area contributed by atoms with Gasteiger partial charge in [-0.1, -0.05) is 0 Å². The number of ether oxygens (including phenoxy) is 4. The number of hydrogen-bond donors (Lipinski definition) is 2. The predicted octanol–water partition coefficient (Wildman–Crippen LogP) is 0.206. The first kappa shape index (κ1) is 18.5. The van der Waals surface area contributed by atoms with Crippen LogP contribution in [0.3, 0.4) is 0 Å². The number of fused-ring (bicyclic) bond motifs is 1. The number of anilines is 1. The predicted molar refractivity (Wildman–Crippen MR) is 92.3 cm³/mol. The SMILES string of the molecule is COc1cc2c(cc1NC(=O)NCC1CN(S(C)(=O)=O)CCO1)OCO2. The number of carbonyl (C=O) groups excluding carboxylic acids is 1. The molecule has 2 aliphatic heterocycles. The van der Waals surface area contributed by atoms with E-state index in [4.69, 9.17) is 18.9 Å². The third-order valence-corrected chi connectivity index (χ3v) is 5.27. The summed E-state index contributed by atoms with van der Waals surface area (Å²) in [5.74, 6) is 1.49. The summed E-state index contributed by atoms with van der Waals surface area (Å²) in [6.45, 7) is 1.09. The molecule has 10 nitrogen and oxygen atoms in total. The van der Waals surface area contributed by atoms with E-state index in [0.29, 0.717) is 29.5 Å². The van der Waals surface area contributed by atoms with Crippen LogP contribution in [-0.4, -0.2) is 71.3 Å². The van der Waals surface area contributed by atoms with Crippen LogP contribution in [0.1, 0.15) is 0 Å². The number of methoxy groups -OCH3 is 1. The van der Waals surface area contributed by atoms with Crippen molar-refractivity contribution in [1.29, 1.82) is 0 Å². The number of nitrogens with one attached hydrogen (secondary N) is 2. The number of benzene rings is 1. The highest BCUT2D eigenvalue weighted by molar-refractivity contribution is 7.88. The Labute approximate surface area is 151 Å². The average Bonchev–Trinajstić information content (AvgIpc) is 3.06. The highest BCUT2D eigenvalue weighted by Crippen LogP contribution is 2.40. The zero-order chi connectivity index (χ0) is 18.7. The van der Waals surface area contributed by atoms with Crippen LogP contribution in [0.5, 0.6) is 17.2 Å². The third-order valence-electron chi connectivity index (χ3n) is 4.00. The molecule has 2 N–H and O–H groups in total. The van der Waals surface area contributed by atoms with Crippen LogP contribution in [0.25, 0.3) is 0 Å². The van der Waals surface area contributed by atoms with E-state index >= 15 is 0 Å². The van der Waals surface area contributed by atoms with E-state index < -0.39 is 22.2 Å². The van der Waals surface area contributed by atoms with Crippen molar-refractivity contribution in [1.82, 2.24) is 9.62 Å². The van der Waals surface area contributed by atoms with Crippen molar-refractivity contribution in [2.75, 3.05) is 51.7 Å². The van der Waals surface area contributed by atoms with Crippen LogP contribution in [0, 0.1) is 0 Å². The molecule has 0 radical (unpaired) electrons. The fraction of sp³-hybridized carbons (Fsp3) is 0.533. The smallest absolute Gasteiger partial charge is 0.319 e. The Kier molecular flexibility index (Phi) is 5.39. The number of hydrogen-bond acceptors (Lipinski definition) is 7. The Morgan fingerprint density at radius 1 is 1.35 bits per heavy atom. The van der Waals surface area contributed by atoms with Gasteiger partial charge in [-0.25, -0.2) is 13.2 Å². The van der Waals surface area contributed by atoms with Crippen molar-refractivity contribution in [3.63, 3.8) is 0 Å². The highest BCUT2D eigenvalue weighted by Gasteiger charge is 2.27. The molecule has 0 saturated carbocycles.